The Balaban J connectivity index is 2.50. The van der Waals surface area contributed by atoms with Crippen LogP contribution < -0.4 is 5.56 Å². The van der Waals surface area contributed by atoms with Gasteiger partial charge in [0.05, 0.1) is 16.9 Å². The molecule has 1 aromatic heterocycles. The first-order valence-corrected chi connectivity index (χ1v) is 9.69. The largest absolute Gasteiger partial charge is 0.333 e. The summed E-state index contributed by atoms with van der Waals surface area (Å²) < 4.78 is 1.52. The monoisotopic (exact) mass is 397 g/mol. The van der Waals surface area contributed by atoms with E-state index in [1.165, 1.54) is 4.57 Å². The van der Waals surface area contributed by atoms with E-state index in [0.29, 0.717) is 52.9 Å². The van der Waals surface area contributed by atoms with Crippen LogP contribution in [0, 0.1) is 5.92 Å². The number of amides is 1. The predicted octanol–water partition coefficient (Wildman–Crippen LogP) is 4.15. The second-order valence-electron chi connectivity index (χ2n) is 6.90. The molecule has 26 heavy (non-hydrogen) atoms. The first-order valence-electron chi connectivity index (χ1n) is 8.77. The van der Waals surface area contributed by atoms with Crippen LogP contribution in [0.15, 0.2) is 23.0 Å². The molecule has 1 amide bonds. The zero-order valence-electron chi connectivity index (χ0n) is 15.6. The summed E-state index contributed by atoms with van der Waals surface area (Å²) in [5, 5.41) is 1.03. The topological polar surface area (TPSA) is 55.2 Å². The fraction of sp³-hybridized carbons (Fsp3) is 0.526. The van der Waals surface area contributed by atoms with E-state index in [-0.39, 0.29) is 17.5 Å². The first-order chi connectivity index (χ1) is 12.3. The van der Waals surface area contributed by atoms with Crippen molar-refractivity contribution < 1.29 is 4.79 Å². The Morgan fingerprint density at radius 2 is 2.00 bits per heavy atom. The molecule has 2 rings (SSSR count). The van der Waals surface area contributed by atoms with Crippen LogP contribution >= 0.6 is 23.2 Å². The molecule has 1 atom stereocenters. The zero-order valence-corrected chi connectivity index (χ0v) is 17.1. The van der Waals surface area contributed by atoms with Crippen molar-refractivity contribution in [3.05, 3.63) is 39.4 Å². The van der Waals surface area contributed by atoms with E-state index in [0.717, 1.165) is 0 Å². The van der Waals surface area contributed by atoms with Gasteiger partial charge in [0.1, 0.15) is 5.82 Å². The number of halogens is 2. The molecule has 0 aliphatic carbocycles. The SMILES string of the molecule is CC(C)CN(C(=O)CCCCl)C(C)c1nc2cc(Cl)ccc2c(=O)n1C. The fourth-order valence-electron chi connectivity index (χ4n) is 3.01. The van der Waals surface area contributed by atoms with E-state index >= 15 is 0 Å². The maximum atomic E-state index is 12.7. The third kappa shape index (κ3) is 4.57. The van der Waals surface area contributed by atoms with Crippen LogP contribution in [-0.2, 0) is 11.8 Å². The second kappa shape index (κ2) is 8.87. The van der Waals surface area contributed by atoms with Gasteiger partial charge in [0.25, 0.3) is 5.56 Å². The number of hydrogen-bond acceptors (Lipinski definition) is 3. The lowest BCUT2D eigenvalue weighted by atomic mass is 10.1. The summed E-state index contributed by atoms with van der Waals surface area (Å²) in [5.41, 5.74) is 0.395. The minimum absolute atomic E-state index is 0.0206. The van der Waals surface area contributed by atoms with Gasteiger partial charge in [0.2, 0.25) is 5.91 Å². The zero-order chi connectivity index (χ0) is 19.4. The normalized spacial score (nSPS) is 12.6. The number of hydrogen-bond donors (Lipinski definition) is 0. The number of aromatic nitrogens is 2. The molecule has 142 valence electrons. The van der Waals surface area contributed by atoms with Crippen molar-refractivity contribution in [3.8, 4) is 0 Å². The molecule has 1 unspecified atom stereocenters. The fourth-order valence-corrected chi connectivity index (χ4v) is 3.31. The lowest BCUT2D eigenvalue weighted by Crippen LogP contribution is -2.39. The number of nitrogens with zero attached hydrogens (tertiary/aromatic N) is 3. The van der Waals surface area contributed by atoms with Crippen LogP contribution in [0.4, 0.5) is 0 Å². The number of carbonyl (C=O) groups is 1. The van der Waals surface area contributed by atoms with Gasteiger partial charge < -0.3 is 4.90 Å². The molecule has 0 radical (unpaired) electrons. The summed E-state index contributed by atoms with van der Waals surface area (Å²) in [4.78, 5) is 31.8. The summed E-state index contributed by atoms with van der Waals surface area (Å²) >= 11 is 11.8. The summed E-state index contributed by atoms with van der Waals surface area (Å²) in [6.45, 7) is 6.60. The van der Waals surface area contributed by atoms with Crippen molar-refractivity contribution in [1.82, 2.24) is 14.5 Å². The van der Waals surface area contributed by atoms with Gasteiger partial charge in [-0.3, -0.25) is 14.2 Å². The smallest absolute Gasteiger partial charge is 0.261 e. The Morgan fingerprint density at radius 1 is 1.31 bits per heavy atom. The minimum atomic E-state index is -0.332. The quantitative estimate of drug-likeness (QED) is 0.659. The van der Waals surface area contributed by atoms with Gasteiger partial charge in [-0.15, -0.1) is 11.6 Å². The summed E-state index contributed by atoms with van der Waals surface area (Å²) in [6.07, 6.45) is 1.01. The van der Waals surface area contributed by atoms with E-state index in [1.54, 1.807) is 30.1 Å². The Morgan fingerprint density at radius 3 is 2.62 bits per heavy atom. The summed E-state index contributed by atoms with van der Waals surface area (Å²) in [5.74, 6) is 1.31. The Bertz CT molecular complexity index is 849. The highest BCUT2D eigenvalue weighted by Gasteiger charge is 2.25. The van der Waals surface area contributed by atoms with Crippen molar-refractivity contribution in [2.24, 2.45) is 13.0 Å². The third-order valence-electron chi connectivity index (χ3n) is 4.32. The number of benzene rings is 1. The number of alkyl halides is 1. The number of fused-ring (bicyclic) bond motifs is 1. The van der Waals surface area contributed by atoms with Gasteiger partial charge in [-0.2, -0.15) is 0 Å². The van der Waals surface area contributed by atoms with E-state index in [9.17, 15) is 9.59 Å². The van der Waals surface area contributed by atoms with E-state index in [1.807, 2.05) is 6.92 Å². The van der Waals surface area contributed by atoms with E-state index in [4.69, 9.17) is 23.2 Å². The van der Waals surface area contributed by atoms with Gasteiger partial charge in [0, 0.05) is 30.9 Å². The molecule has 0 fully saturated rings. The van der Waals surface area contributed by atoms with Crippen LogP contribution in [0.25, 0.3) is 10.9 Å². The highest BCUT2D eigenvalue weighted by Crippen LogP contribution is 2.23. The molecule has 5 nitrogen and oxygen atoms in total. The molecule has 2 aromatic rings. The molecule has 0 aliphatic rings. The Labute approximate surface area is 163 Å². The molecule has 0 N–H and O–H groups in total. The van der Waals surface area contributed by atoms with Crippen LogP contribution in [0.2, 0.25) is 5.02 Å². The predicted molar refractivity (Wildman–Crippen MR) is 107 cm³/mol. The molecular formula is C19H25Cl2N3O2. The lowest BCUT2D eigenvalue weighted by molar-refractivity contribution is -0.134. The maximum absolute atomic E-state index is 12.7. The molecular weight excluding hydrogens is 373 g/mol. The van der Waals surface area contributed by atoms with E-state index < -0.39 is 0 Å². The van der Waals surface area contributed by atoms with Crippen molar-refractivity contribution in [2.45, 2.75) is 39.7 Å². The van der Waals surface area contributed by atoms with Crippen LogP contribution in [-0.4, -0.2) is 32.8 Å². The van der Waals surface area contributed by atoms with Gasteiger partial charge in [0.15, 0.2) is 0 Å². The molecule has 0 saturated carbocycles. The average molecular weight is 398 g/mol. The van der Waals surface area contributed by atoms with Crippen molar-refractivity contribution in [2.75, 3.05) is 12.4 Å². The minimum Gasteiger partial charge on any atom is -0.333 e. The highest BCUT2D eigenvalue weighted by atomic mass is 35.5. The molecule has 7 heteroatoms. The van der Waals surface area contributed by atoms with Gasteiger partial charge in [-0.25, -0.2) is 4.98 Å². The number of carbonyl (C=O) groups excluding carboxylic acids is 1. The standard InChI is InChI=1S/C19H25Cl2N3O2/c1-12(2)11-24(17(25)6-5-9-20)13(3)18-22-16-10-14(21)7-8-15(16)19(26)23(18)4/h7-8,10,12-13H,5-6,9,11H2,1-4H3. The third-order valence-corrected chi connectivity index (χ3v) is 4.82. The second-order valence-corrected chi connectivity index (χ2v) is 7.72. The van der Waals surface area contributed by atoms with Crippen molar-refractivity contribution >= 4 is 40.0 Å². The van der Waals surface area contributed by atoms with Crippen LogP contribution in [0.5, 0.6) is 0 Å². The molecule has 1 aromatic carbocycles. The highest BCUT2D eigenvalue weighted by molar-refractivity contribution is 6.31. The van der Waals surface area contributed by atoms with Gasteiger partial charge in [-0.05, 0) is 37.5 Å². The van der Waals surface area contributed by atoms with Crippen LogP contribution in [0.1, 0.15) is 45.5 Å². The molecule has 0 aliphatic heterocycles. The Hall–Kier alpha value is -1.59. The molecule has 0 bridgehead atoms. The van der Waals surface area contributed by atoms with Gasteiger partial charge >= 0.3 is 0 Å². The number of rotatable bonds is 7. The Kier molecular flexibility index (Phi) is 7.07. The molecule has 0 saturated heterocycles. The van der Waals surface area contributed by atoms with Crippen LogP contribution in [0.3, 0.4) is 0 Å². The summed E-state index contributed by atoms with van der Waals surface area (Å²) in [6, 6.07) is 4.70. The van der Waals surface area contributed by atoms with Crippen molar-refractivity contribution in [1.29, 1.82) is 0 Å². The van der Waals surface area contributed by atoms with Gasteiger partial charge in [-0.1, -0.05) is 25.4 Å². The molecule has 1 heterocycles. The lowest BCUT2D eigenvalue weighted by Gasteiger charge is -2.31. The summed E-state index contributed by atoms with van der Waals surface area (Å²) in [7, 11) is 1.69. The van der Waals surface area contributed by atoms with E-state index in [2.05, 4.69) is 18.8 Å². The maximum Gasteiger partial charge on any atom is 0.261 e. The first kappa shape index (κ1) is 20.7. The average Bonchev–Trinajstić information content (AvgIpc) is 2.59. The van der Waals surface area contributed by atoms with Crippen molar-refractivity contribution in [3.63, 3.8) is 0 Å². The molecule has 0 spiro atoms.